The fraction of sp³-hybridized carbons (Fsp3) is 0.250. The number of H-pyrrole nitrogens is 2. The molecule has 0 aliphatic rings. The van der Waals surface area contributed by atoms with Crippen molar-refractivity contribution in [2.24, 2.45) is 0 Å². The zero-order valence-corrected chi connectivity index (χ0v) is 14.6. The number of benzene rings is 2. The van der Waals surface area contributed by atoms with Gasteiger partial charge < -0.3 is 30.8 Å². The summed E-state index contributed by atoms with van der Waals surface area (Å²) in [5.41, 5.74) is -0.221. The van der Waals surface area contributed by atoms with Crippen molar-refractivity contribution in [1.82, 2.24) is 9.97 Å². The zero-order chi connectivity index (χ0) is 20.3. The minimum absolute atomic E-state index is 0.0566. The number of aliphatic hydroxyl groups is 2. The molecule has 2 aromatic carbocycles. The molecule has 0 aliphatic heterocycles. The van der Waals surface area contributed by atoms with Crippen LogP contribution in [-0.2, 0) is 0 Å². The van der Waals surface area contributed by atoms with Crippen molar-refractivity contribution in [2.75, 3.05) is 36.9 Å². The Kier molecular flexibility index (Phi) is 5.42. The highest BCUT2D eigenvalue weighted by atomic mass is 16.6. The Hall–Kier alpha value is -3.64. The number of fused-ring (bicyclic) bond motifs is 4. The Bertz CT molecular complexity index is 1070. The highest BCUT2D eigenvalue weighted by Gasteiger charge is 2.36. The first-order valence-electron chi connectivity index (χ1n) is 8.34. The molecule has 12 heteroatoms. The van der Waals surface area contributed by atoms with Crippen LogP contribution in [-0.4, -0.2) is 56.3 Å². The molecule has 0 fully saturated rings. The number of nitrogens with zero attached hydrogens (tertiary/aromatic N) is 2. The molecule has 4 bridgehead atoms. The summed E-state index contributed by atoms with van der Waals surface area (Å²) in [4.78, 5) is 27.8. The lowest BCUT2D eigenvalue weighted by atomic mass is 10.1. The van der Waals surface area contributed by atoms with Crippen LogP contribution in [0, 0.1) is 20.2 Å². The number of nitro benzene ring substituents is 2. The summed E-state index contributed by atoms with van der Waals surface area (Å²) >= 11 is 0. The largest absolute Gasteiger partial charge is 0.395 e. The van der Waals surface area contributed by atoms with Crippen LogP contribution in [0.25, 0.3) is 22.1 Å². The molecular weight excluding hydrogens is 372 g/mol. The topological polar surface area (TPSA) is 182 Å². The van der Waals surface area contributed by atoms with E-state index in [1.165, 1.54) is 0 Å². The lowest BCUT2D eigenvalue weighted by Gasteiger charge is -2.16. The van der Waals surface area contributed by atoms with Gasteiger partial charge in [-0.1, -0.05) is 6.07 Å². The number of nitro groups is 2. The maximum absolute atomic E-state index is 11.8. The molecule has 6 N–H and O–H groups in total. The van der Waals surface area contributed by atoms with Crippen molar-refractivity contribution in [3.63, 3.8) is 0 Å². The van der Waals surface area contributed by atoms with Crippen LogP contribution in [0.2, 0.25) is 0 Å². The van der Waals surface area contributed by atoms with E-state index in [-0.39, 0.29) is 48.7 Å². The maximum Gasteiger partial charge on any atom is 0.373 e. The molecule has 28 heavy (non-hydrogen) atoms. The normalized spacial score (nSPS) is 10.9. The number of nitrogens with one attached hydrogen (secondary N) is 4. The number of rotatable bonds is 8. The van der Waals surface area contributed by atoms with Crippen molar-refractivity contribution in [3.8, 4) is 0 Å². The van der Waals surface area contributed by atoms with Gasteiger partial charge in [0.1, 0.15) is 5.69 Å². The number of anilines is 2. The van der Waals surface area contributed by atoms with Gasteiger partial charge in [0.2, 0.25) is 0 Å². The first-order valence-corrected chi connectivity index (χ1v) is 8.34. The average Bonchev–Trinajstić information content (AvgIpc) is 2.65. The van der Waals surface area contributed by atoms with Crippen LogP contribution in [0.3, 0.4) is 0 Å². The number of aliphatic hydroxyl groups excluding tert-OH is 2. The van der Waals surface area contributed by atoms with Crippen molar-refractivity contribution in [1.29, 1.82) is 0 Å². The summed E-state index contributed by atoms with van der Waals surface area (Å²) in [5, 5.41) is 47.5. The first-order chi connectivity index (χ1) is 13.5. The molecule has 0 atom stereocenters. The van der Waals surface area contributed by atoms with Crippen molar-refractivity contribution in [3.05, 3.63) is 44.5 Å². The van der Waals surface area contributed by atoms with Gasteiger partial charge in [-0.2, -0.15) is 0 Å². The summed E-state index contributed by atoms with van der Waals surface area (Å²) in [5.74, 6) is 0. The number of aromatic amines is 2. The maximum atomic E-state index is 11.8. The number of aromatic nitrogens is 2. The molecule has 0 saturated heterocycles. The molecule has 3 aromatic rings. The first kappa shape index (κ1) is 19.1. The van der Waals surface area contributed by atoms with E-state index < -0.39 is 21.2 Å². The van der Waals surface area contributed by atoms with E-state index in [2.05, 4.69) is 20.6 Å². The smallest absolute Gasteiger partial charge is 0.373 e. The van der Waals surface area contributed by atoms with Crippen molar-refractivity contribution >= 4 is 44.8 Å². The minimum atomic E-state index is -0.833. The monoisotopic (exact) mass is 390 g/mol. The predicted octanol–water partition coefficient (Wildman–Crippen LogP) is 1.84. The third-order valence-electron chi connectivity index (χ3n) is 4.04. The fourth-order valence-electron chi connectivity index (χ4n) is 3.00. The molecule has 0 radical (unpaired) electrons. The van der Waals surface area contributed by atoms with Gasteiger partial charge in [-0.3, -0.25) is 20.2 Å². The number of hydrogen-bond acceptors (Lipinski definition) is 8. The van der Waals surface area contributed by atoms with E-state index in [1.54, 1.807) is 24.3 Å². The van der Waals surface area contributed by atoms with Crippen LogP contribution < -0.4 is 10.6 Å². The van der Waals surface area contributed by atoms with Crippen LogP contribution in [0.15, 0.2) is 24.3 Å². The molecule has 3 rings (SSSR count). The molecule has 0 spiro atoms. The molecule has 1 aromatic heterocycles. The van der Waals surface area contributed by atoms with Gasteiger partial charge in [0, 0.05) is 24.1 Å². The van der Waals surface area contributed by atoms with Crippen LogP contribution in [0.4, 0.5) is 22.7 Å². The van der Waals surface area contributed by atoms with Crippen molar-refractivity contribution < 1.29 is 20.1 Å². The second-order valence-corrected chi connectivity index (χ2v) is 5.84. The molecular formula is C16H18N6O6. The van der Waals surface area contributed by atoms with Crippen molar-refractivity contribution in [2.45, 2.75) is 0 Å². The molecule has 12 nitrogen and oxygen atoms in total. The van der Waals surface area contributed by atoms with Crippen LogP contribution in [0.5, 0.6) is 0 Å². The van der Waals surface area contributed by atoms with Gasteiger partial charge in [0.15, 0.2) is 5.52 Å². The standard InChI is InChI=1S/C16H18N6O6/c23-6-4-17-11-12-13(18-5-7-24)15(21(25)26)16(22(27)28)14(11)20-10-3-1-2-9(8-10)19-12/h1-3,8,17-20,23-24H,4-7H2. The average molecular weight is 390 g/mol. The van der Waals surface area contributed by atoms with Gasteiger partial charge in [-0.25, -0.2) is 0 Å². The third-order valence-corrected chi connectivity index (χ3v) is 4.04. The zero-order valence-electron chi connectivity index (χ0n) is 14.6. The molecule has 0 saturated carbocycles. The highest BCUT2D eigenvalue weighted by Crippen LogP contribution is 2.45. The van der Waals surface area contributed by atoms with E-state index in [0.717, 1.165) is 0 Å². The van der Waals surface area contributed by atoms with Gasteiger partial charge in [0.25, 0.3) is 0 Å². The Morgan fingerprint density at radius 3 is 1.93 bits per heavy atom. The second kappa shape index (κ2) is 7.94. The van der Waals surface area contributed by atoms with Gasteiger partial charge in [-0.05, 0) is 18.2 Å². The van der Waals surface area contributed by atoms with E-state index in [9.17, 15) is 25.3 Å². The van der Waals surface area contributed by atoms with Gasteiger partial charge in [-0.15, -0.1) is 0 Å². The predicted molar refractivity (Wildman–Crippen MR) is 103 cm³/mol. The third kappa shape index (κ3) is 3.45. The molecule has 1 heterocycles. The lowest BCUT2D eigenvalue weighted by Crippen LogP contribution is -2.14. The Morgan fingerprint density at radius 2 is 1.39 bits per heavy atom. The summed E-state index contributed by atoms with van der Waals surface area (Å²) in [7, 11) is 0. The van der Waals surface area contributed by atoms with Crippen LogP contribution >= 0.6 is 0 Å². The summed E-state index contributed by atoms with van der Waals surface area (Å²) in [6, 6.07) is 6.81. The quantitative estimate of drug-likeness (QED) is 0.249. The fourth-order valence-corrected chi connectivity index (χ4v) is 3.00. The molecule has 0 unspecified atom stereocenters. The summed E-state index contributed by atoms with van der Waals surface area (Å²) in [6.07, 6.45) is 0. The van der Waals surface area contributed by atoms with E-state index >= 15 is 0 Å². The Labute approximate surface area is 157 Å². The minimum Gasteiger partial charge on any atom is -0.395 e. The Morgan fingerprint density at radius 1 is 0.857 bits per heavy atom. The van der Waals surface area contributed by atoms with Crippen LogP contribution in [0.1, 0.15) is 0 Å². The molecule has 0 amide bonds. The SMILES string of the molecule is O=[N+]([O-])c1c(NCCO)c2[nH]c3cccc(c3)[nH]c(c1[N+](=O)[O-])c2NCCO. The van der Waals surface area contributed by atoms with Gasteiger partial charge >= 0.3 is 11.4 Å². The van der Waals surface area contributed by atoms with E-state index in [0.29, 0.717) is 11.0 Å². The Balaban J connectivity index is 2.57. The second-order valence-electron chi connectivity index (χ2n) is 5.84. The van der Waals surface area contributed by atoms with E-state index in [4.69, 9.17) is 5.11 Å². The lowest BCUT2D eigenvalue weighted by molar-refractivity contribution is -0.420. The van der Waals surface area contributed by atoms with Gasteiger partial charge in [0.05, 0.1) is 34.3 Å². The van der Waals surface area contributed by atoms with E-state index in [1.807, 2.05) is 0 Å². The highest BCUT2D eigenvalue weighted by molar-refractivity contribution is 6.07. The summed E-state index contributed by atoms with van der Waals surface area (Å²) < 4.78 is 0. The molecule has 0 aliphatic carbocycles. The molecule has 148 valence electrons. The summed E-state index contributed by atoms with van der Waals surface area (Å²) in [6.45, 7) is -0.585. The number of hydrogen-bond donors (Lipinski definition) is 6.